The lowest BCUT2D eigenvalue weighted by atomic mass is 9.93. The van der Waals surface area contributed by atoms with Crippen molar-refractivity contribution in [2.75, 3.05) is 5.32 Å². The highest BCUT2D eigenvalue weighted by molar-refractivity contribution is 7.89. The largest absolute Gasteiger partial charge is 0.455 e. The molecule has 10 heteroatoms. The smallest absolute Gasteiger partial charge is 0.292 e. The summed E-state index contributed by atoms with van der Waals surface area (Å²) in [5, 5.41) is 7.29. The van der Waals surface area contributed by atoms with E-state index in [-0.39, 0.29) is 10.7 Å². The van der Waals surface area contributed by atoms with Gasteiger partial charge in [0.15, 0.2) is 5.76 Å². The molecule has 4 rings (SSSR count). The van der Waals surface area contributed by atoms with Gasteiger partial charge in [-0.2, -0.15) is 18.4 Å². The second-order valence-electron chi connectivity index (χ2n) is 6.99. The highest BCUT2D eigenvalue weighted by Gasteiger charge is 2.28. The Kier molecular flexibility index (Phi) is 5.79. The summed E-state index contributed by atoms with van der Waals surface area (Å²) < 4.78 is 30.8. The second kappa shape index (κ2) is 8.52. The average molecular weight is 459 g/mol. The number of nitrogens with zero attached hydrogens (tertiary/aromatic N) is 2. The molecule has 0 saturated heterocycles. The minimum atomic E-state index is -3.80. The molecule has 3 aromatic rings. The van der Waals surface area contributed by atoms with Crippen molar-refractivity contribution in [2.24, 2.45) is 5.10 Å². The zero-order valence-corrected chi connectivity index (χ0v) is 18.1. The van der Waals surface area contributed by atoms with Gasteiger partial charge >= 0.3 is 0 Å². The van der Waals surface area contributed by atoms with E-state index in [4.69, 9.17) is 16.0 Å². The molecule has 31 heavy (non-hydrogen) atoms. The number of nitrogens with one attached hydrogen (secondary N) is 2. The molecule has 0 radical (unpaired) electrons. The highest BCUT2D eigenvalue weighted by atomic mass is 35.5. The Morgan fingerprint density at radius 3 is 2.65 bits per heavy atom. The molecule has 2 heterocycles. The molecule has 1 aliphatic rings. The fourth-order valence-corrected chi connectivity index (χ4v) is 4.35. The van der Waals surface area contributed by atoms with Crippen molar-refractivity contribution in [3.8, 4) is 0 Å². The fourth-order valence-electron chi connectivity index (χ4n) is 3.39. The van der Waals surface area contributed by atoms with Crippen LogP contribution in [0.25, 0.3) is 0 Å². The molecule has 0 saturated carbocycles. The molecule has 1 aliphatic carbocycles. The molecule has 2 aromatic heterocycles. The number of carbonyl (C=O) groups excluding carboxylic acids is 1. The van der Waals surface area contributed by atoms with Gasteiger partial charge in [-0.05, 0) is 44.0 Å². The van der Waals surface area contributed by atoms with Crippen LogP contribution in [0.2, 0.25) is 5.02 Å². The zero-order valence-electron chi connectivity index (χ0n) is 16.6. The van der Waals surface area contributed by atoms with Gasteiger partial charge in [0.25, 0.3) is 15.9 Å². The summed E-state index contributed by atoms with van der Waals surface area (Å²) in [5.41, 5.74) is 1.79. The zero-order chi connectivity index (χ0) is 22.0. The summed E-state index contributed by atoms with van der Waals surface area (Å²) in [7, 11) is -3.80. The Morgan fingerprint density at radius 2 is 1.94 bits per heavy atom. The molecule has 0 bridgehead atoms. The van der Waals surface area contributed by atoms with Crippen LogP contribution in [0.4, 0.5) is 5.82 Å². The number of hydrazone groups is 1. The third kappa shape index (κ3) is 4.47. The number of aromatic nitrogens is 1. The van der Waals surface area contributed by atoms with Gasteiger partial charge in [-0.25, -0.2) is 4.98 Å². The summed E-state index contributed by atoms with van der Waals surface area (Å²) in [4.78, 5) is 19.2. The van der Waals surface area contributed by atoms with E-state index in [2.05, 4.69) is 20.2 Å². The van der Waals surface area contributed by atoms with E-state index in [1.807, 2.05) is 0 Å². The first-order valence-corrected chi connectivity index (χ1v) is 11.4. The number of rotatable bonds is 5. The minimum Gasteiger partial charge on any atom is -0.455 e. The molecule has 0 atom stereocenters. The monoisotopic (exact) mass is 458 g/mol. The van der Waals surface area contributed by atoms with Crippen molar-refractivity contribution in [3.05, 3.63) is 76.3 Å². The van der Waals surface area contributed by atoms with Crippen LogP contribution in [0.5, 0.6) is 0 Å². The van der Waals surface area contributed by atoms with Crippen LogP contribution in [-0.4, -0.2) is 25.0 Å². The summed E-state index contributed by atoms with van der Waals surface area (Å²) in [5.74, 6) is 0.636. The molecule has 8 nitrogen and oxygen atoms in total. The van der Waals surface area contributed by atoms with Crippen LogP contribution in [0.1, 0.15) is 40.3 Å². The van der Waals surface area contributed by atoms with Crippen molar-refractivity contribution in [1.29, 1.82) is 0 Å². The lowest BCUT2D eigenvalue weighted by Gasteiger charge is -2.14. The van der Waals surface area contributed by atoms with E-state index in [1.54, 1.807) is 37.3 Å². The number of hydrogen-bond acceptors (Lipinski definition) is 6. The van der Waals surface area contributed by atoms with Gasteiger partial charge in [0, 0.05) is 23.7 Å². The minimum absolute atomic E-state index is 0.120. The van der Waals surface area contributed by atoms with Gasteiger partial charge in [-0.3, -0.25) is 4.79 Å². The van der Waals surface area contributed by atoms with Gasteiger partial charge < -0.3 is 9.73 Å². The average Bonchev–Trinajstić information content (AvgIpc) is 3.12. The lowest BCUT2D eigenvalue weighted by Crippen LogP contribution is -2.22. The topological polar surface area (TPSA) is 114 Å². The summed E-state index contributed by atoms with van der Waals surface area (Å²) in [6.07, 6.45) is 3.35. The fraction of sp³-hybridized carbons (Fsp3) is 0.190. The standard InChI is InChI=1S/C21H19ClN4O4S/c1-13-19-16(25-26-31(28,29)15-6-3-2-4-7-15)8-5-9-17(19)30-20(13)21(27)24-18-11-10-14(22)12-23-18/h2-4,6-7,10-12,26H,5,8-9H2,1H3,(H,23,24,27)/b25-16+. The summed E-state index contributed by atoms with van der Waals surface area (Å²) in [6, 6.07) is 11.2. The molecule has 1 aromatic carbocycles. The quantitative estimate of drug-likeness (QED) is 0.563. The number of furan rings is 1. The number of anilines is 1. The van der Waals surface area contributed by atoms with E-state index in [1.165, 1.54) is 18.3 Å². The van der Waals surface area contributed by atoms with Gasteiger partial charge in [0.05, 0.1) is 15.6 Å². The first-order chi connectivity index (χ1) is 14.8. The number of aryl methyl sites for hydroxylation is 1. The van der Waals surface area contributed by atoms with E-state index in [9.17, 15) is 13.2 Å². The summed E-state index contributed by atoms with van der Waals surface area (Å²) in [6.45, 7) is 1.75. The van der Waals surface area contributed by atoms with Crippen LogP contribution < -0.4 is 10.1 Å². The van der Waals surface area contributed by atoms with Crippen LogP contribution in [0, 0.1) is 6.92 Å². The Morgan fingerprint density at radius 1 is 1.16 bits per heavy atom. The molecular formula is C21H19ClN4O4S. The predicted octanol–water partition coefficient (Wildman–Crippen LogP) is 3.91. The van der Waals surface area contributed by atoms with Gasteiger partial charge in [-0.15, -0.1) is 0 Å². The number of halogens is 1. The maximum Gasteiger partial charge on any atom is 0.292 e. The molecule has 0 fully saturated rings. The van der Waals surface area contributed by atoms with E-state index >= 15 is 0 Å². The van der Waals surface area contributed by atoms with Crippen LogP contribution in [0.3, 0.4) is 0 Å². The molecule has 0 spiro atoms. The van der Waals surface area contributed by atoms with Crippen molar-refractivity contribution < 1.29 is 17.6 Å². The highest BCUT2D eigenvalue weighted by Crippen LogP contribution is 2.30. The second-order valence-corrected chi connectivity index (χ2v) is 9.09. The number of sulfonamides is 1. The van der Waals surface area contributed by atoms with Gasteiger partial charge in [-0.1, -0.05) is 29.8 Å². The number of amides is 1. The SMILES string of the molecule is Cc1c(C(=O)Nc2ccc(Cl)cn2)oc2c1/C(=N/NS(=O)(=O)c1ccccc1)CCC2. The number of pyridine rings is 1. The normalized spacial score (nSPS) is 14.8. The number of fused-ring (bicyclic) bond motifs is 1. The number of benzene rings is 1. The van der Waals surface area contributed by atoms with Crippen LogP contribution in [0.15, 0.2) is 63.1 Å². The maximum absolute atomic E-state index is 12.7. The Hall–Kier alpha value is -3.17. The predicted molar refractivity (Wildman–Crippen MR) is 117 cm³/mol. The molecule has 160 valence electrons. The third-order valence-corrected chi connectivity index (χ3v) is 6.30. The van der Waals surface area contributed by atoms with E-state index in [0.29, 0.717) is 46.3 Å². The van der Waals surface area contributed by atoms with Crippen molar-refractivity contribution >= 4 is 39.1 Å². The Bertz CT molecular complexity index is 1250. The van der Waals surface area contributed by atoms with E-state index < -0.39 is 15.9 Å². The van der Waals surface area contributed by atoms with Crippen LogP contribution >= 0.6 is 11.6 Å². The number of carbonyl (C=O) groups is 1. The Labute approximate surface area is 184 Å². The lowest BCUT2D eigenvalue weighted by molar-refractivity contribution is 0.0993. The first kappa shape index (κ1) is 21.1. The number of hydrogen-bond donors (Lipinski definition) is 2. The Balaban J connectivity index is 1.60. The molecule has 0 aliphatic heterocycles. The first-order valence-electron chi connectivity index (χ1n) is 9.54. The van der Waals surface area contributed by atoms with E-state index in [0.717, 1.165) is 6.42 Å². The van der Waals surface area contributed by atoms with Crippen molar-refractivity contribution in [1.82, 2.24) is 9.82 Å². The molecular weight excluding hydrogens is 440 g/mol. The van der Waals surface area contributed by atoms with Gasteiger partial charge in [0.2, 0.25) is 0 Å². The van der Waals surface area contributed by atoms with Crippen molar-refractivity contribution in [2.45, 2.75) is 31.1 Å². The molecule has 1 amide bonds. The summed E-state index contributed by atoms with van der Waals surface area (Å²) >= 11 is 5.82. The van der Waals surface area contributed by atoms with Gasteiger partial charge in [0.1, 0.15) is 11.6 Å². The van der Waals surface area contributed by atoms with Crippen LogP contribution in [-0.2, 0) is 16.4 Å². The molecule has 0 unspecified atom stereocenters. The van der Waals surface area contributed by atoms with Crippen molar-refractivity contribution in [3.63, 3.8) is 0 Å². The maximum atomic E-state index is 12.7. The third-order valence-electron chi connectivity index (χ3n) is 4.86. The molecule has 2 N–H and O–H groups in total.